The van der Waals surface area contributed by atoms with E-state index in [4.69, 9.17) is 4.74 Å². The number of ether oxygens (including phenoxy) is 1. The van der Waals surface area contributed by atoms with Gasteiger partial charge < -0.3 is 10.1 Å². The van der Waals surface area contributed by atoms with Gasteiger partial charge in [-0.15, -0.1) is 0 Å². The van der Waals surface area contributed by atoms with Crippen LogP contribution in [0.25, 0.3) is 0 Å². The molecule has 2 heteroatoms. The minimum atomic E-state index is 0.498. The summed E-state index contributed by atoms with van der Waals surface area (Å²) in [4.78, 5) is 0. The monoisotopic (exact) mass is 247 g/mol. The lowest BCUT2D eigenvalue weighted by atomic mass is 9.91. The molecule has 1 fully saturated rings. The number of aryl methyl sites for hydroxylation is 1. The molecule has 1 saturated heterocycles. The van der Waals surface area contributed by atoms with Crippen LogP contribution in [0.1, 0.15) is 55.8 Å². The first-order valence-corrected chi connectivity index (χ1v) is 6.94. The molecular formula is C16H25NO. The molecule has 18 heavy (non-hydrogen) atoms. The smallest absolute Gasteiger partial charge is 0.122 e. The fourth-order valence-electron chi connectivity index (χ4n) is 2.87. The van der Waals surface area contributed by atoms with Crippen molar-refractivity contribution in [1.82, 2.24) is 5.32 Å². The van der Waals surface area contributed by atoms with Crippen LogP contribution in [0.5, 0.6) is 5.75 Å². The number of nitrogens with one attached hydrogen (secondary N) is 1. The van der Waals surface area contributed by atoms with E-state index >= 15 is 0 Å². The summed E-state index contributed by atoms with van der Waals surface area (Å²) in [6.07, 6.45) is 1.24. The molecule has 1 heterocycles. The molecule has 0 unspecified atom stereocenters. The van der Waals surface area contributed by atoms with Crippen LogP contribution in [0.2, 0.25) is 0 Å². The average molecular weight is 247 g/mol. The zero-order valence-electron chi connectivity index (χ0n) is 12.2. The number of benzene rings is 1. The lowest BCUT2D eigenvalue weighted by molar-refractivity contribution is 0.406. The second-order valence-corrected chi connectivity index (χ2v) is 5.91. The molecule has 0 amide bonds. The van der Waals surface area contributed by atoms with E-state index < -0.39 is 0 Å². The molecule has 1 aliphatic rings. The summed E-state index contributed by atoms with van der Waals surface area (Å²) in [6.45, 7) is 10.1. The standard InChI is InChI=1S/C16H25NO/c1-10(2)13-8-14(12(4)7-16(13)18-5)15-6-11(3)9-17-15/h7-8,10-11,15,17H,6,9H2,1-5H3/t11-,15+/m1/s1. The van der Waals surface area contributed by atoms with Crippen molar-refractivity contribution in [3.63, 3.8) is 0 Å². The topological polar surface area (TPSA) is 21.3 Å². The second kappa shape index (κ2) is 5.31. The highest BCUT2D eigenvalue weighted by molar-refractivity contribution is 5.45. The summed E-state index contributed by atoms with van der Waals surface area (Å²) in [5, 5.41) is 3.63. The van der Waals surface area contributed by atoms with Crippen molar-refractivity contribution in [3.8, 4) is 5.75 Å². The van der Waals surface area contributed by atoms with Crippen LogP contribution in [0.4, 0.5) is 0 Å². The molecule has 0 aromatic heterocycles. The van der Waals surface area contributed by atoms with Crippen molar-refractivity contribution < 1.29 is 4.74 Å². The van der Waals surface area contributed by atoms with Gasteiger partial charge in [0.1, 0.15) is 5.75 Å². The van der Waals surface area contributed by atoms with Crippen molar-refractivity contribution in [2.45, 2.75) is 46.1 Å². The number of hydrogen-bond acceptors (Lipinski definition) is 2. The quantitative estimate of drug-likeness (QED) is 0.877. The van der Waals surface area contributed by atoms with Gasteiger partial charge >= 0.3 is 0 Å². The van der Waals surface area contributed by atoms with Gasteiger partial charge in [-0.05, 0) is 54.5 Å². The highest BCUT2D eigenvalue weighted by Crippen LogP contribution is 2.35. The maximum atomic E-state index is 5.51. The van der Waals surface area contributed by atoms with E-state index in [1.807, 2.05) is 0 Å². The maximum Gasteiger partial charge on any atom is 0.122 e. The Hall–Kier alpha value is -1.02. The van der Waals surface area contributed by atoms with Crippen LogP contribution in [-0.4, -0.2) is 13.7 Å². The van der Waals surface area contributed by atoms with E-state index in [1.54, 1.807) is 7.11 Å². The summed E-state index contributed by atoms with van der Waals surface area (Å²) in [7, 11) is 1.76. The number of hydrogen-bond donors (Lipinski definition) is 1. The van der Waals surface area contributed by atoms with Gasteiger partial charge in [0.25, 0.3) is 0 Å². The Bertz CT molecular complexity index is 425. The molecule has 100 valence electrons. The van der Waals surface area contributed by atoms with Crippen molar-refractivity contribution in [2.24, 2.45) is 5.92 Å². The van der Waals surface area contributed by atoms with Gasteiger partial charge in [-0.1, -0.05) is 26.8 Å². The molecule has 2 rings (SSSR count). The van der Waals surface area contributed by atoms with E-state index in [2.05, 4.69) is 45.1 Å². The summed E-state index contributed by atoms with van der Waals surface area (Å²) in [5.74, 6) is 2.30. The molecule has 1 N–H and O–H groups in total. The fraction of sp³-hybridized carbons (Fsp3) is 0.625. The Balaban J connectivity index is 2.38. The zero-order chi connectivity index (χ0) is 13.3. The predicted octanol–water partition coefficient (Wildman–Crippen LogP) is 3.80. The third-order valence-corrected chi connectivity index (χ3v) is 3.97. The molecule has 1 aromatic carbocycles. The van der Waals surface area contributed by atoms with Crippen LogP contribution in [0, 0.1) is 12.8 Å². The molecule has 2 nitrogen and oxygen atoms in total. The van der Waals surface area contributed by atoms with Crippen molar-refractivity contribution in [3.05, 3.63) is 28.8 Å². The molecule has 2 atom stereocenters. The number of methoxy groups -OCH3 is 1. The third kappa shape index (κ3) is 2.54. The molecule has 1 aliphatic heterocycles. The Morgan fingerprint density at radius 2 is 2.06 bits per heavy atom. The Morgan fingerprint density at radius 3 is 2.56 bits per heavy atom. The highest BCUT2D eigenvalue weighted by Gasteiger charge is 2.24. The molecule has 0 bridgehead atoms. The molecule has 0 radical (unpaired) electrons. The minimum Gasteiger partial charge on any atom is -0.496 e. The molecular weight excluding hydrogens is 222 g/mol. The van der Waals surface area contributed by atoms with Crippen molar-refractivity contribution >= 4 is 0 Å². The normalized spacial score (nSPS) is 23.7. The first kappa shape index (κ1) is 13.4. The Labute approximate surface area is 111 Å². The maximum absolute atomic E-state index is 5.51. The number of rotatable bonds is 3. The second-order valence-electron chi connectivity index (χ2n) is 5.91. The Kier molecular flexibility index (Phi) is 3.96. The van der Waals surface area contributed by atoms with Crippen molar-refractivity contribution in [1.29, 1.82) is 0 Å². The van der Waals surface area contributed by atoms with E-state index in [0.29, 0.717) is 12.0 Å². The molecule has 0 aliphatic carbocycles. The largest absolute Gasteiger partial charge is 0.496 e. The molecule has 1 aromatic rings. The lowest BCUT2D eigenvalue weighted by Gasteiger charge is -2.20. The zero-order valence-corrected chi connectivity index (χ0v) is 12.2. The van der Waals surface area contributed by atoms with E-state index in [0.717, 1.165) is 18.2 Å². The summed E-state index contributed by atoms with van der Waals surface area (Å²) >= 11 is 0. The van der Waals surface area contributed by atoms with Gasteiger partial charge in [0.15, 0.2) is 0 Å². The minimum absolute atomic E-state index is 0.498. The average Bonchev–Trinajstić information content (AvgIpc) is 2.74. The van der Waals surface area contributed by atoms with Gasteiger partial charge in [-0.25, -0.2) is 0 Å². The summed E-state index contributed by atoms with van der Waals surface area (Å²) < 4.78 is 5.51. The predicted molar refractivity (Wildman–Crippen MR) is 76.3 cm³/mol. The van der Waals surface area contributed by atoms with Crippen LogP contribution in [-0.2, 0) is 0 Å². The van der Waals surface area contributed by atoms with Gasteiger partial charge in [0.2, 0.25) is 0 Å². The van der Waals surface area contributed by atoms with Gasteiger partial charge in [-0.2, -0.15) is 0 Å². The van der Waals surface area contributed by atoms with E-state index in [-0.39, 0.29) is 0 Å². The van der Waals surface area contributed by atoms with Crippen LogP contribution in [0.15, 0.2) is 12.1 Å². The first-order chi connectivity index (χ1) is 8.52. The van der Waals surface area contributed by atoms with Crippen molar-refractivity contribution in [2.75, 3.05) is 13.7 Å². The van der Waals surface area contributed by atoms with Gasteiger partial charge in [-0.3, -0.25) is 0 Å². The lowest BCUT2D eigenvalue weighted by Crippen LogP contribution is -2.15. The summed E-state index contributed by atoms with van der Waals surface area (Å²) in [5.41, 5.74) is 4.10. The van der Waals surface area contributed by atoms with Crippen LogP contribution >= 0.6 is 0 Å². The SMILES string of the molecule is COc1cc(C)c([C@@H]2C[C@@H](C)CN2)cc1C(C)C. The molecule has 0 saturated carbocycles. The van der Waals surface area contributed by atoms with Crippen LogP contribution < -0.4 is 10.1 Å². The first-order valence-electron chi connectivity index (χ1n) is 6.94. The van der Waals surface area contributed by atoms with Gasteiger partial charge in [0, 0.05) is 6.04 Å². The Morgan fingerprint density at radius 1 is 1.33 bits per heavy atom. The third-order valence-electron chi connectivity index (χ3n) is 3.97. The highest BCUT2D eigenvalue weighted by atomic mass is 16.5. The van der Waals surface area contributed by atoms with Gasteiger partial charge in [0.05, 0.1) is 7.11 Å². The van der Waals surface area contributed by atoms with E-state index in [1.165, 1.54) is 23.1 Å². The fourth-order valence-corrected chi connectivity index (χ4v) is 2.87. The summed E-state index contributed by atoms with van der Waals surface area (Å²) in [6, 6.07) is 5.05. The molecule has 0 spiro atoms. The van der Waals surface area contributed by atoms with Crippen LogP contribution in [0.3, 0.4) is 0 Å². The van der Waals surface area contributed by atoms with E-state index in [9.17, 15) is 0 Å².